The van der Waals surface area contributed by atoms with Gasteiger partial charge in [-0.25, -0.2) is 8.42 Å². The molecule has 1 aliphatic carbocycles. The molecule has 0 atom stereocenters. The van der Waals surface area contributed by atoms with E-state index in [1.54, 1.807) is 0 Å². The maximum atomic E-state index is 12.4. The molecule has 0 unspecified atom stereocenters. The first kappa shape index (κ1) is 16.4. The molecule has 1 heterocycles. The van der Waals surface area contributed by atoms with Crippen LogP contribution in [0.4, 0.5) is 0 Å². The zero-order chi connectivity index (χ0) is 15.3. The van der Waals surface area contributed by atoms with Crippen LogP contribution in [0.15, 0.2) is 18.2 Å². The lowest BCUT2D eigenvalue weighted by Gasteiger charge is -2.20. The van der Waals surface area contributed by atoms with Gasteiger partial charge in [-0.1, -0.05) is 13.0 Å². The number of hydrogen-bond donors (Lipinski definition) is 1. The van der Waals surface area contributed by atoms with Crippen molar-refractivity contribution >= 4 is 10.0 Å². The zero-order valence-corrected chi connectivity index (χ0v) is 13.7. The van der Waals surface area contributed by atoms with Gasteiger partial charge in [0.2, 0.25) is 10.0 Å². The molecule has 0 radical (unpaired) electrons. The Hall–Kier alpha value is -0.980. The number of hydrogen-bond acceptors (Lipinski definition) is 4. The molecular weight excluding hydrogens is 286 g/mol. The molecule has 6 heteroatoms. The van der Waals surface area contributed by atoms with Crippen LogP contribution in [0.1, 0.15) is 37.6 Å². The maximum absolute atomic E-state index is 12.4. The molecule has 1 fully saturated rings. The molecule has 5 nitrogen and oxygen atoms in total. The summed E-state index contributed by atoms with van der Waals surface area (Å²) in [5, 5.41) is 3.35. The first-order valence-electron chi connectivity index (χ1n) is 7.65. The lowest BCUT2D eigenvalue weighted by molar-refractivity contribution is 0.417. The predicted octanol–water partition coefficient (Wildman–Crippen LogP) is 1.68. The van der Waals surface area contributed by atoms with Gasteiger partial charge in [-0.2, -0.15) is 4.31 Å². The van der Waals surface area contributed by atoms with Crippen molar-refractivity contribution in [2.75, 3.05) is 18.8 Å². The van der Waals surface area contributed by atoms with Crippen LogP contribution >= 0.6 is 0 Å². The molecule has 0 aliphatic heterocycles. The van der Waals surface area contributed by atoms with Crippen molar-refractivity contribution in [3.8, 4) is 0 Å². The predicted molar refractivity (Wildman–Crippen MR) is 84.5 cm³/mol. The minimum absolute atomic E-state index is 0.201. The molecule has 2 rings (SSSR count). The summed E-state index contributed by atoms with van der Waals surface area (Å²) >= 11 is 0. The van der Waals surface area contributed by atoms with E-state index >= 15 is 0 Å². The average Bonchev–Trinajstić information content (AvgIpc) is 3.25. The van der Waals surface area contributed by atoms with Crippen LogP contribution in [0, 0.1) is 6.92 Å². The minimum Gasteiger partial charge on any atom is -0.314 e. The lowest BCUT2D eigenvalue weighted by Crippen LogP contribution is -2.34. The Morgan fingerprint density at radius 3 is 2.76 bits per heavy atom. The van der Waals surface area contributed by atoms with E-state index in [1.807, 2.05) is 32.0 Å². The molecule has 1 aromatic heterocycles. The molecule has 1 aromatic rings. The van der Waals surface area contributed by atoms with Gasteiger partial charge in [0.25, 0.3) is 0 Å². The van der Waals surface area contributed by atoms with Gasteiger partial charge < -0.3 is 5.32 Å². The third-order valence-corrected chi connectivity index (χ3v) is 5.60. The van der Waals surface area contributed by atoms with E-state index in [0.29, 0.717) is 25.6 Å². The standard InChI is InChI=1S/C15H25N3O2S/c1-3-18(12-15-7-4-6-13(2)17-15)21(19,20)11-5-10-16-14-8-9-14/h4,6-7,14,16H,3,5,8-12H2,1-2H3. The van der Waals surface area contributed by atoms with E-state index in [0.717, 1.165) is 17.9 Å². The highest BCUT2D eigenvalue weighted by atomic mass is 32.2. The summed E-state index contributed by atoms with van der Waals surface area (Å²) in [7, 11) is -3.21. The van der Waals surface area contributed by atoms with Gasteiger partial charge in [0.1, 0.15) is 0 Å². The SMILES string of the molecule is CCN(Cc1cccc(C)n1)S(=O)(=O)CCCNC1CC1. The highest BCUT2D eigenvalue weighted by molar-refractivity contribution is 7.89. The van der Waals surface area contributed by atoms with Gasteiger partial charge in [-0.15, -0.1) is 0 Å². The Kier molecular flexibility index (Phi) is 5.72. The van der Waals surface area contributed by atoms with E-state index in [4.69, 9.17) is 0 Å². The summed E-state index contributed by atoms with van der Waals surface area (Å²) in [6, 6.07) is 6.33. The third-order valence-electron chi connectivity index (χ3n) is 3.62. The van der Waals surface area contributed by atoms with Crippen LogP contribution in [0.2, 0.25) is 0 Å². The summed E-state index contributed by atoms with van der Waals surface area (Å²) in [5.74, 6) is 0.201. The lowest BCUT2D eigenvalue weighted by atomic mass is 10.3. The van der Waals surface area contributed by atoms with Gasteiger partial charge in [0, 0.05) is 18.3 Å². The second-order valence-electron chi connectivity index (χ2n) is 5.59. The van der Waals surface area contributed by atoms with Gasteiger partial charge in [0.15, 0.2) is 0 Å². The molecule has 21 heavy (non-hydrogen) atoms. The van der Waals surface area contributed by atoms with Gasteiger partial charge >= 0.3 is 0 Å². The number of nitrogens with zero attached hydrogens (tertiary/aromatic N) is 2. The first-order valence-corrected chi connectivity index (χ1v) is 9.26. The Morgan fingerprint density at radius 2 is 2.14 bits per heavy atom. The van der Waals surface area contributed by atoms with Crippen LogP contribution in [-0.2, 0) is 16.6 Å². The smallest absolute Gasteiger partial charge is 0.214 e. The molecule has 1 N–H and O–H groups in total. The van der Waals surface area contributed by atoms with Crippen LogP contribution in [0.25, 0.3) is 0 Å². The van der Waals surface area contributed by atoms with Crippen LogP contribution in [0.5, 0.6) is 0 Å². The fourth-order valence-corrected chi connectivity index (χ4v) is 3.74. The van der Waals surface area contributed by atoms with Crippen molar-refractivity contribution in [2.45, 2.75) is 45.7 Å². The van der Waals surface area contributed by atoms with Crippen molar-refractivity contribution in [3.63, 3.8) is 0 Å². The largest absolute Gasteiger partial charge is 0.314 e. The number of aryl methyl sites for hydroxylation is 1. The minimum atomic E-state index is -3.21. The van der Waals surface area contributed by atoms with E-state index in [9.17, 15) is 8.42 Å². The number of rotatable bonds is 9. The van der Waals surface area contributed by atoms with Crippen LogP contribution in [-0.4, -0.2) is 42.6 Å². The summed E-state index contributed by atoms with van der Waals surface area (Å²) < 4.78 is 26.3. The van der Waals surface area contributed by atoms with Crippen LogP contribution in [0.3, 0.4) is 0 Å². The van der Waals surface area contributed by atoms with Gasteiger partial charge in [-0.05, 0) is 44.9 Å². The van der Waals surface area contributed by atoms with Crippen molar-refractivity contribution in [3.05, 3.63) is 29.6 Å². The highest BCUT2D eigenvalue weighted by Crippen LogP contribution is 2.18. The molecule has 1 aliphatic rings. The molecule has 0 bridgehead atoms. The summed E-state index contributed by atoms with van der Waals surface area (Å²) in [6.07, 6.45) is 3.12. The Bertz CT molecular complexity index is 556. The topological polar surface area (TPSA) is 62.3 Å². The fourth-order valence-electron chi connectivity index (χ4n) is 2.25. The second-order valence-corrected chi connectivity index (χ2v) is 7.68. The number of sulfonamides is 1. The average molecular weight is 311 g/mol. The zero-order valence-electron chi connectivity index (χ0n) is 12.9. The van der Waals surface area contributed by atoms with Crippen molar-refractivity contribution in [1.82, 2.24) is 14.6 Å². The monoisotopic (exact) mass is 311 g/mol. The molecule has 0 amide bonds. The molecular formula is C15H25N3O2S. The number of aromatic nitrogens is 1. The maximum Gasteiger partial charge on any atom is 0.214 e. The summed E-state index contributed by atoms with van der Waals surface area (Å²) in [5.41, 5.74) is 1.71. The Morgan fingerprint density at radius 1 is 1.38 bits per heavy atom. The first-order chi connectivity index (χ1) is 10.0. The van der Waals surface area contributed by atoms with E-state index in [-0.39, 0.29) is 5.75 Å². The number of nitrogens with one attached hydrogen (secondary N) is 1. The van der Waals surface area contributed by atoms with Crippen molar-refractivity contribution in [2.24, 2.45) is 0 Å². The van der Waals surface area contributed by atoms with E-state index < -0.39 is 10.0 Å². The molecule has 0 spiro atoms. The van der Waals surface area contributed by atoms with E-state index in [2.05, 4.69) is 10.3 Å². The second kappa shape index (κ2) is 7.33. The Labute approximate surface area is 127 Å². The van der Waals surface area contributed by atoms with E-state index in [1.165, 1.54) is 17.1 Å². The summed E-state index contributed by atoms with van der Waals surface area (Å²) in [4.78, 5) is 4.38. The normalized spacial score (nSPS) is 15.6. The third kappa shape index (κ3) is 5.37. The molecule has 1 saturated carbocycles. The highest BCUT2D eigenvalue weighted by Gasteiger charge is 2.22. The number of pyridine rings is 1. The quantitative estimate of drug-likeness (QED) is 0.705. The van der Waals surface area contributed by atoms with Crippen LogP contribution < -0.4 is 5.32 Å². The van der Waals surface area contributed by atoms with Gasteiger partial charge in [0.05, 0.1) is 18.0 Å². The van der Waals surface area contributed by atoms with Crippen molar-refractivity contribution in [1.29, 1.82) is 0 Å². The van der Waals surface area contributed by atoms with Crippen molar-refractivity contribution < 1.29 is 8.42 Å². The fraction of sp³-hybridized carbons (Fsp3) is 0.667. The summed E-state index contributed by atoms with van der Waals surface area (Å²) in [6.45, 7) is 5.41. The molecule has 0 saturated heterocycles. The molecule has 0 aromatic carbocycles. The Balaban J connectivity index is 1.87. The van der Waals surface area contributed by atoms with Gasteiger partial charge in [-0.3, -0.25) is 4.98 Å². The molecule has 118 valence electrons.